The maximum Gasteiger partial charge on any atom is 0.276 e. The van der Waals surface area contributed by atoms with Crippen LogP contribution in [0.25, 0.3) is 5.69 Å². The number of hydrogen-bond acceptors (Lipinski definition) is 4. The van der Waals surface area contributed by atoms with Gasteiger partial charge in [-0.25, -0.2) is 9.07 Å². The molecule has 28 heavy (non-hydrogen) atoms. The number of piperazine rings is 1. The summed E-state index contributed by atoms with van der Waals surface area (Å²) in [5, 5.41) is 8.27. The highest BCUT2D eigenvalue weighted by Crippen LogP contribution is 2.21. The summed E-state index contributed by atoms with van der Waals surface area (Å²) in [6, 6.07) is 14.4. The monoisotopic (exact) mass is 443 g/mol. The lowest BCUT2D eigenvalue weighted by atomic mass is 10.2. The number of amides is 1. The molecule has 1 fully saturated rings. The average Bonchev–Trinajstić information content (AvgIpc) is 3.10. The van der Waals surface area contributed by atoms with Crippen molar-refractivity contribution in [2.75, 3.05) is 31.1 Å². The Hall–Kier alpha value is -2.74. The van der Waals surface area contributed by atoms with Gasteiger partial charge in [0.05, 0.1) is 17.1 Å². The maximum absolute atomic E-state index is 14.0. The fourth-order valence-electron chi connectivity index (χ4n) is 3.36. The van der Waals surface area contributed by atoms with E-state index in [4.69, 9.17) is 0 Å². The van der Waals surface area contributed by atoms with Crippen LogP contribution in [0.4, 0.5) is 10.1 Å². The van der Waals surface area contributed by atoms with E-state index in [1.165, 1.54) is 6.07 Å². The van der Waals surface area contributed by atoms with Crippen LogP contribution in [-0.4, -0.2) is 52.0 Å². The molecule has 1 amide bonds. The second-order valence-corrected chi connectivity index (χ2v) is 7.56. The Kier molecular flexibility index (Phi) is 5.13. The molecule has 1 saturated heterocycles. The van der Waals surface area contributed by atoms with Gasteiger partial charge in [0.2, 0.25) is 0 Å². The van der Waals surface area contributed by atoms with Crippen molar-refractivity contribution in [3.8, 4) is 5.69 Å². The standard InChI is InChI=1S/C20H19BrFN5O/c1-14-19(23-24-27(14)16-8-6-15(21)7-9-16)20(28)26-12-10-25(11-13-26)18-5-3-2-4-17(18)22/h2-9H,10-13H2,1H3. The first-order valence-electron chi connectivity index (χ1n) is 9.01. The van der Waals surface area contributed by atoms with Gasteiger partial charge in [-0.3, -0.25) is 4.79 Å². The number of anilines is 1. The van der Waals surface area contributed by atoms with Crippen molar-refractivity contribution >= 4 is 27.5 Å². The third-order valence-corrected chi connectivity index (χ3v) is 5.46. The normalized spacial score (nSPS) is 14.4. The Morgan fingerprint density at radius 2 is 1.71 bits per heavy atom. The van der Waals surface area contributed by atoms with Crippen molar-refractivity contribution in [2.24, 2.45) is 0 Å². The summed E-state index contributed by atoms with van der Waals surface area (Å²) in [6.07, 6.45) is 0. The van der Waals surface area contributed by atoms with Gasteiger partial charge in [0.15, 0.2) is 5.69 Å². The van der Waals surface area contributed by atoms with Crippen LogP contribution in [-0.2, 0) is 0 Å². The Morgan fingerprint density at radius 1 is 1.04 bits per heavy atom. The van der Waals surface area contributed by atoms with E-state index >= 15 is 0 Å². The highest BCUT2D eigenvalue weighted by atomic mass is 79.9. The van der Waals surface area contributed by atoms with E-state index in [0.717, 1.165) is 10.2 Å². The zero-order chi connectivity index (χ0) is 19.7. The number of aromatic nitrogens is 3. The summed E-state index contributed by atoms with van der Waals surface area (Å²) < 4.78 is 16.6. The molecule has 0 unspecified atom stereocenters. The van der Waals surface area contributed by atoms with E-state index in [0.29, 0.717) is 43.3 Å². The molecule has 144 valence electrons. The molecule has 6 nitrogen and oxygen atoms in total. The lowest BCUT2D eigenvalue weighted by molar-refractivity contribution is 0.0740. The van der Waals surface area contributed by atoms with Crippen LogP contribution in [0, 0.1) is 12.7 Å². The van der Waals surface area contributed by atoms with Gasteiger partial charge in [-0.1, -0.05) is 33.3 Å². The van der Waals surface area contributed by atoms with Crippen molar-refractivity contribution in [1.29, 1.82) is 0 Å². The molecule has 2 heterocycles. The number of benzene rings is 2. The first-order valence-corrected chi connectivity index (χ1v) is 9.81. The van der Waals surface area contributed by atoms with Crippen LogP contribution in [0.2, 0.25) is 0 Å². The van der Waals surface area contributed by atoms with Gasteiger partial charge >= 0.3 is 0 Å². The Balaban J connectivity index is 1.47. The summed E-state index contributed by atoms with van der Waals surface area (Å²) >= 11 is 3.41. The Labute approximate surface area is 170 Å². The van der Waals surface area contributed by atoms with Crippen LogP contribution in [0.5, 0.6) is 0 Å². The number of halogens is 2. The molecule has 0 spiro atoms. The minimum atomic E-state index is -0.240. The number of carbonyl (C=O) groups is 1. The summed E-state index contributed by atoms with van der Waals surface area (Å²) in [6.45, 7) is 4.01. The molecule has 0 radical (unpaired) electrons. The molecular weight excluding hydrogens is 425 g/mol. The number of rotatable bonds is 3. The molecular formula is C20H19BrFN5O. The minimum absolute atomic E-state index is 0.144. The van der Waals surface area contributed by atoms with Gasteiger partial charge in [0.1, 0.15) is 5.82 Å². The van der Waals surface area contributed by atoms with E-state index in [-0.39, 0.29) is 11.7 Å². The van der Waals surface area contributed by atoms with Gasteiger partial charge in [-0.15, -0.1) is 5.10 Å². The fourth-order valence-corrected chi connectivity index (χ4v) is 3.63. The predicted octanol–water partition coefficient (Wildman–Crippen LogP) is 3.44. The molecule has 0 bridgehead atoms. The molecule has 2 aromatic carbocycles. The molecule has 1 aliphatic rings. The van der Waals surface area contributed by atoms with Gasteiger partial charge < -0.3 is 9.80 Å². The quantitative estimate of drug-likeness (QED) is 0.621. The number of hydrogen-bond donors (Lipinski definition) is 0. The minimum Gasteiger partial charge on any atom is -0.366 e. The van der Waals surface area contributed by atoms with E-state index in [9.17, 15) is 9.18 Å². The molecule has 0 atom stereocenters. The number of carbonyl (C=O) groups excluding carboxylic acids is 1. The number of nitrogens with zero attached hydrogens (tertiary/aromatic N) is 5. The largest absolute Gasteiger partial charge is 0.366 e. The summed E-state index contributed by atoms with van der Waals surface area (Å²) in [5.41, 5.74) is 2.47. The van der Waals surface area contributed by atoms with Crippen molar-refractivity contribution in [3.63, 3.8) is 0 Å². The highest BCUT2D eigenvalue weighted by Gasteiger charge is 2.27. The Morgan fingerprint density at radius 3 is 2.39 bits per heavy atom. The van der Waals surface area contributed by atoms with E-state index in [2.05, 4.69) is 26.2 Å². The molecule has 4 rings (SSSR count). The molecule has 1 aliphatic heterocycles. The summed E-state index contributed by atoms with van der Waals surface area (Å²) in [4.78, 5) is 16.7. The van der Waals surface area contributed by atoms with Crippen LogP contribution in [0.1, 0.15) is 16.2 Å². The van der Waals surface area contributed by atoms with E-state index in [1.54, 1.807) is 21.7 Å². The van der Waals surface area contributed by atoms with Gasteiger partial charge in [0, 0.05) is 30.7 Å². The van der Waals surface area contributed by atoms with Crippen molar-refractivity contribution < 1.29 is 9.18 Å². The number of para-hydroxylation sites is 1. The van der Waals surface area contributed by atoms with Crippen LogP contribution in [0.15, 0.2) is 53.0 Å². The lowest BCUT2D eigenvalue weighted by Crippen LogP contribution is -2.49. The molecule has 0 aliphatic carbocycles. The van der Waals surface area contributed by atoms with Crippen LogP contribution in [0.3, 0.4) is 0 Å². The highest BCUT2D eigenvalue weighted by molar-refractivity contribution is 9.10. The van der Waals surface area contributed by atoms with Gasteiger partial charge in [-0.2, -0.15) is 0 Å². The van der Waals surface area contributed by atoms with Crippen molar-refractivity contribution in [1.82, 2.24) is 19.9 Å². The zero-order valence-electron chi connectivity index (χ0n) is 15.3. The molecule has 8 heteroatoms. The van der Waals surface area contributed by atoms with Crippen LogP contribution < -0.4 is 4.90 Å². The zero-order valence-corrected chi connectivity index (χ0v) is 16.9. The van der Waals surface area contributed by atoms with Gasteiger partial charge in [-0.05, 0) is 43.3 Å². The first-order chi connectivity index (χ1) is 13.5. The first kappa shape index (κ1) is 18.6. The Bertz CT molecular complexity index is 996. The second-order valence-electron chi connectivity index (χ2n) is 6.64. The second kappa shape index (κ2) is 7.71. The van der Waals surface area contributed by atoms with E-state index < -0.39 is 0 Å². The van der Waals surface area contributed by atoms with Gasteiger partial charge in [0.25, 0.3) is 5.91 Å². The topological polar surface area (TPSA) is 54.3 Å². The molecule has 0 N–H and O–H groups in total. The molecule has 3 aromatic rings. The van der Waals surface area contributed by atoms with E-state index in [1.807, 2.05) is 42.2 Å². The predicted molar refractivity (Wildman–Crippen MR) is 108 cm³/mol. The molecule has 1 aromatic heterocycles. The third kappa shape index (κ3) is 3.52. The SMILES string of the molecule is Cc1c(C(=O)N2CCN(c3ccccc3F)CC2)nnn1-c1ccc(Br)cc1. The average molecular weight is 444 g/mol. The maximum atomic E-state index is 14.0. The molecule has 0 saturated carbocycles. The summed E-state index contributed by atoms with van der Waals surface area (Å²) in [7, 11) is 0. The lowest BCUT2D eigenvalue weighted by Gasteiger charge is -2.35. The fraction of sp³-hybridized carbons (Fsp3) is 0.250. The van der Waals surface area contributed by atoms with Crippen LogP contribution >= 0.6 is 15.9 Å². The van der Waals surface area contributed by atoms with Crippen molar-refractivity contribution in [2.45, 2.75) is 6.92 Å². The smallest absolute Gasteiger partial charge is 0.276 e. The third-order valence-electron chi connectivity index (χ3n) is 4.93. The summed E-state index contributed by atoms with van der Waals surface area (Å²) in [5.74, 6) is -0.385. The van der Waals surface area contributed by atoms with Crippen molar-refractivity contribution in [3.05, 3.63) is 70.2 Å².